The van der Waals surface area contributed by atoms with Crippen molar-refractivity contribution in [2.75, 3.05) is 31.1 Å². The summed E-state index contributed by atoms with van der Waals surface area (Å²) in [5, 5.41) is 2.12. The van der Waals surface area contributed by atoms with Gasteiger partial charge >= 0.3 is 0 Å². The van der Waals surface area contributed by atoms with E-state index in [4.69, 9.17) is 0 Å². The number of rotatable bonds is 6. The fraction of sp³-hybridized carbons (Fsp3) is 0.706. The lowest BCUT2D eigenvalue weighted by Crippen LogP contribution is -2.47. The van der Waals surface area contributed by atoms with E-state index in [1.807, 2.05) is 4.90 Å². The van der Waals surface area contributed by atoms with Crippen molar-refractivity contribution in [2.45, 2.75) is 45.2 Å². The first-order valence-corrected chi connectivity index (χ1v) is 11.5. The average molecular weight is 371 g/mol. The predicted octanol–water partition coefficient (Wildman–Crippen LogP) is 1.92. The van der Waals surface area contributed by atoms with Gasteiger partial charge in [-0.25, -0.2) is 8.42 Å². The van der Waals surface area contributed by atoms with Crippen LogP contribution in [-0.2, 0) is 27.6 Å². The van der Waals surface area contributed by atoms with E-state index in [2.05, 4.69) is 23.3 Å². The summed E-state index contributed by atoms with van der Waals surface area (Å²) in [4.78, 5) is 18.3. The molecule has 24 heavy (non-hydrogen) atoms. The Morgan fingerprint density at radius 2 is 2.29 bits per heavy atom. The minimum absolute atomic E-state index is 0.0872. The molecule has 1 saturated heterocycles. The first kappa shape index (κ1) is 17.9. The second kappa shape index (κ2) is 7.54. The summed E-state index contributed by atoms with van der Waals surface area (Å²) in [6.45, 7) is 4.90. The maximum atomic E-state index is 12.9. The molecule has 0 aliphatic carbocycles. The summed E-state index contributed by atoms with van der Waals surface area (Å²) in [5.74, 6) is 0.441. The number of fused-ring (bicyclic) bond motifs is 1. The lowest BCUT2D eigenvalue weighted by molar-refractivity contribution is -0.134. The largest absolute Gasteiger partial charge is 0.338 e. The first-order chi connectivity index (χ1) is 11.5. The lowest BCUT2D eigenvalue weighted by Gasteiger charge is -2.32. The molecule has 0 saturated carbocycles. The van der Waals surface area contributed by atoms with Crippen LogP contribution in [0.25, 0.3) is 0 Å². The summed E-state index contributed by atoms with van der Waals surface area (Å²) in [6.07, 6.45) is 3.53. The van der Waals surface area contributed by atoms with E-state index in [0.29, 0.717) is 19.5 Å². The van der Waals surface area contributed by atoms with Gasteiger partial charge in [0, 0.05) is 30.6 Å². The second-order valence-electron chi connectivity index (χ2n) is 6.83. The molecule has 0 aromatic carbocycles. The van der Waals surface area contributed by atoms with Crippen molar-refractivity contribution < 1.29 is 13.2 Å². The SMILES string of the molecule is CCCCN(C(=O)CN1CCc2sccc2C1)C1CCS(=O)(=O)C1. The van der Waals surface area contributed by atoms with Crippen LogP contribution in [0.2, 0.25) is 0 Å². The maximum Gasteiger partial charge on any atom is 0.237 e. The van der Waals surface area contributed by atoms with Gasteiger partial charge in [0.1, 0.15) is 0 Å². The molecular weight excluding hydrogens is 344 g/mol. The molecule has 3 heterocycles. The van der Waals surface area contributed by atoms with Gasteiger partial charge in [-0.2, -0.15) is 0 Å². The van der Waals surface area contributed by atoms with Crippen LogP contribution in [0.3, 0.4) is 0 Å². The van der Waals surface area contributed by atoms with Gasteiger partial charge in [0.25, 0.3) is 0 Å². The molecule has 1 fully saturated rings. The van der Waals surface area contributed by atoms with E-state index in [0.717, 1.165) is 32.4 Å². The van der Waals surface area contributed by atoms with E-state index < -0.39 is 9.84 Å². The molecule has 5 nitrogen and oxygen atoms in total. The van der Waals surface area contributed by atoms with E-state index in [1.54, 1.807) is 11.3 Å². The fourth-order valence-corrected chi connectivity index (χ4v) is 6.20. The maximum absolute atomic E-state index is 12.9. The number of nitrogens with zero attached hydrogens (tertiary/aromatic N) is 2. The third-order valence-electron chi connectivity index (χ3n) is 4.97. The van der Waals surface area contributed by atoms with Gasteiger partial charge in [-0.15, -0.1) is 11.3 Å². The average Bonchev–Trinajstić information content (AvgIpc) is 3.13. The van der Waals surface area contributed by atoms with Crippen LogP contribution >= 0.6 is 11.3 Å². The van der Waals surface area contributed by atoms with Gasteiger partial charge in [0.2, 0.25) is 5.91 Å². The summed E-state index contributed by atoms with van der Waals surface area (Å²) >= 11 is 1.80. The molecule has 0 bridgehead atoms. The van der Waals surface area contributed by atoms with Gasteiger partial charge in [-0.05, 0) is 36.3 Å². The van der Waals surface area contributed by atoms with E-state index in [9.17, 15) is 13.2 Å². The fourth-order valence-electron chi connectivity index (χ4n) is 3.58. The monoisotopic (exact) mass is 370 g/mol. The molecule has 1 unspecified atom stereocenters. The zero-order chi connectivity index (χ0) is 17.2. The number of amides is 1. The number of sulfone groups is 1. The quantitative estimate of drug-likeness (QED) is 0.768. The van der Waals surface area contributed by atoms with Gasteiger partial charge in [0.15, 0.2) is 9.84 Å². The van der Waals surface area contributed by atoms with E-state index in [1.165, 1.54) is 10.4 Å². The minimum atomic E-state index is -2.97. The Morgan fingerprint density at radius 1 is 1.46 bits per heavy atom. The summed E-state index contributed by atoms with van der Waals surface area (Å²) in [7, 11) is -2.97. The van der Waals surface area contributed by atoms with Crippen molar-refractivity contribution in [2.24, 2.45) is 0 Å². The number of carbonyl (C=O) groups excluding carboxylic acids is 1. The number of hydrogen-bond donors (Lipinski definition) is 0. The predicted molar refractivity (Wildman–Crippen MR) is 97.0 cm³/mol. The number of unbranched alkanes of at least 4 members (excludes halogenated alkanes) is 1. The van der Waals surface area contributed by atoms with Crippen LogP contribution in [0.1, 0.15) is 36.6 Å². The molecule has 0 N–H and O–H groups in total. The molecule has 3 rings (SSSR count). The van der Waals surface area contributed by atoms with E-state index in [-0.39, 0.29) is 23.5 Å². The van der Waals surface area contributed by atoms with Crippen molar-refractivity contribution in [1.29, 1.82) is 0 Å². The molecule has 2 aliphatic heterocycles. The Morgan fingerprint density at radius 3 is 3.00 bits per heavy atom. The summed E-state index contributed by atoms with van der Waals surface area (Å²) < 4.78 is 23.6. The third kappa shape index (κ3) is 4.18. The van der Waals surface area contributed by atoms with Crippen LogP contribution in [0.4, 0.5) is 0 Å². The van der Waals surface area contributed by atoms with Crippen molar-refractivity contribution in [3.63, 3.8) is 0 Å². The molecule has 0 radical (unpaired) electrons. The van der Waals surface area contributed by atoms with Crippen molar-refractivity contribution in [3.8, 4) is 0 Å². The van der Waals surface area contributed by atoms with Crippen molar-refractivity contribution in [1.82, 2.24) is 9.80 Å². The summed E-state index contributed by atoms with van der Waals surface area (Å²) in [6, 6.07) is 2.02. The van der Waals surface area contributed by atoms with Crippen LogP contribution < -0.4 is 0 Å². The zero-order valence-electron chi connectivity index (χ0n) is 14.2. The van der Waals surface area contributed by atoms with E-state index >= 15 is 0 Å². The Kier molecular flexibility index (Phi) is 5.62. The molecule has 134 valence electrons. The van der Waals surface area contributed by atoms with Crippen LogP contribution in [-0.4, -0.2) is 61.3 Å². The summed E-state index contributed by atoms with van der Waals surface area (Å²) in [5.41, 5.74) is 1.34. The molecule has 1 aromatic rings. The van der Waals surface area contributed by atoms with Crippen LogP contribution in [0.5, 0.6) is 0 Å². The molecule has 7 heteroatoms. The smallest absolute Gasteiger partial charge is 0.237 e. The Bertz CT molecular complexity index is 684. The Hall–Kier alpha value is -0.920. The zero-order valence-corrected chi connectivity index (χ0v) is 15.9. The van der Waals surface area contributed by atoms with Crippen molar-refractivity contribution in [3.05, 3.63) is 21.9 Å². The second-order valence-corrected chi connectivity index (χ2v) is 10.1. The lowest BCUT2D eigenvalue weighted by atomic mass is 10.1. The molecule has 1 atom stereocenters. The van der Waals surface area contributed by atoms with Gasteiger partial charge in [-0.3, -0.25) is 9.69 Å². The van der Waals surface area contributed by atoms with Gasteiger partial charge in [0.05, 0.1) is 18.1 Å². The Balaban J connectivity index is 1.63. The van der Waals surface area contributed by atoms with Gasteiger partial charge in [-0.1, -0.05) is 13.3 Å². The Labute approximate surface area is 148 Å². The molecule has 1 aromatic heterocycles. The molecule has 1 amide bonds. The van der Waals surface area contributed by atoms with Crippen LogP contribution in [0.15, 0.2) is 11.4 Å². The first-order valence-electron chi connectivity index (χ1n) is 8.76. The highest BCUT2D eigenvalue weighted by Crippen LogP contribution is 2.24. The number of carbonyl (C=O) groups is 1. The molecule has 0 spiro atoms. The van der Waals surface area contributed by atoms with Crippen LogP contribution in [0, 0.1) is 0 Å². The van der Waals surface area contributed by atoms with Crippen molar-refractivity contribution >= 4 is 27.1 Å². The minimum Gasteiger partial charge on any atom is -0.338 e. The highest BCUT2D eigenvalue weighted by Gasteiger charge is 2.35. The normalized spacial score (nSPS) is 23.1. The highest BCUT2D eigenvalue weighted by atomic mass is 32.2. The van der Waals surface area contributed by atoms with Gasteiger partial charge < -0.3 is 4.90 Å². The standard InChI is InChI=1S/C17H26N2O3S2/c1-2-3-7-19(15-6-10-24(21,22)13-15)17(20)12-18-8-4-16-14(11-18)5-9-23-16/h5,9,15H,2-4,6-8,10-13H2,1H3. The highest BCUT2D eigenvalue weighted by molar-refractivity contribution is 7.91. The molecule has 2 aliphatic rings. The topological polar surface area (TPSA) is 57.7 Å². The third-order valence-corrected chi connectivity index (χ3v) is 7.74. The number of thiophene rings is 1. The molecular formula is C17H26N2O3S2. The number of hydrogen-bond acceptors (Lipinski definition) is 5.